The third-order valence-electron chi connectivity index (χ3n) is 2.70. The van der Waals surface area contributed by atoms with Crippen molar-refractivity contribution in [1.29, 1.82) is 0 Å². The lowest BCUT2D eigenvalue weighted by molar-refractivity contribution is 0.112. The summed E-state index contributed by atoms with van der Waals surface area (Å²) in [4.78, 5) is 13.7. The Balaban J connectivity index is 2.32. The highest BCUT2D eigenvalue weighted by Crippen LogP contribution is 2.29. The summed E-state index contributed by atoms with van der Waals surface area (Å²) in [5.41, 5.74) is 3.50. The molecule has 0 saturated heterocycles. The molecule has 1 heterocycles. The zero-order valence-electron chi connectivity index (χ0n) is 10.0. The lowest BCUT2D eigenvalue weighted by Crippen LogP contribution is -2.14. The summed E-state index contributed by atoms with van der Waals surface area (Å²) in [6.07, 6.45) is 0.900. The van der Waals surface area contributed by atoms with Gasteiger partial charge in [0, 0.05) is 17.6 Å². The van der Waals surface area contributed by atoms with Crippen LogP contribution in [0.5, 0.6) is 0 Å². The van der Waals surface area contributed by atoms with Gasteiger partial charge in [-0.25, -0.2) is 0 Å². The molecule has 0 aliphatic rings. The van der Waals surface area contributed by atoms with Crippen molar-refractivity contribution in [2.45, 2.75) is 13.8 Å². The van der Waals surface area contributed by atoms with E-state index in [1.54, 1.807) is 0 Å². The average Bonchev–Trinajstić information content (AvgIpc) is 2.81. The fraction of sp³-hybridized carbons (Fsp3) is 0.214. The summed E-state index contributed by atoms with van der Waals surface area (Å²) in [5.74, 6) is 0. The molecule has 0 unspecified atom stereocenters. The summed E-state index contributed by atoms with van der Waals surface area (Å²) in [7, 11) is 0. The molecule has 0 aliphatic heterocycles. The van der Waals surface area contributed by atoms with Crippen LogP contribution >= 0.6 is 11.3 Å². The summed E-state index contributed by atoms with van der Waals surface area (Å²) < 4.78 is 0. The van der Waals surface area contributed by atoms with E-state index in [0.29, 0.717) is 0 Å². The molecule has 0 radical (unpaired) electrons. The molecule has 2 aromatic rings. The maximum atomic E-state index is 10.7. The maximum Gasteiger partial charge on any atom is 0.160 e. The van der Waals surface area contributed by atoms with Crippen molar-refractivity contribution in [2.75, 3.05) is 11.4 Å². The van der Waals surface area contributed by atoms with Gasteiger partial charge in [0.05, 0.1) is 10.6 Å². The molecule has 0 amide bonds. The minimum atomic E-state index is 0.769. The van der Waals surface area contributed by atoms with E-state index in [-0.39, 0.29) is 0 Å². The van der Waals surface area contributed by atoms with Crippen molar-refractivity contribution in [3.8, 4) is 0 Å². The maximum absolute atomic E-state index is 10.7. The molecule has 0 atom stereocenters. The fourth-order valence-electron chi connectivity index (χ4n) is 1.78. The Kier molecular flexibility index (Phi) is 3.59. The van der Waals surface area contributed by atoms with Crippen LogP contribution in [0.3, 0.4) is 0 Å². The minimum absolute atomic E-state index is 0.769. The van der Waals surface area contributed by atoms with Gasteiger partial charge in [0.1, 0.15) is 0 Å². The smallest absolute Gasteiger partial charge is 0.160 e. The van der Waals surface area contributed by atoms with Gasteiger partial charge >= 0.3 is 0 Å². The Labute approximate surface area is 106 Å². The molecule has 0 spiro atoms. The molecule has 88 valence electrons. The van der Waals surface area contributed by atoms with Crippen molar-refractivity contribution < 1.29 is 4.79 Å². The van der Waals surface area contributed by atoms with Crippen LogP contribution in [0.15, 0.2) is 35.7 Å². The number of hydrogen-bond donors (Lipinski definition) is 0. The Bertz CT molecular complexity index is 501. The van der Waals surface area contributed by atoms with Gasteiger partial charge in [0.2, 0.25) is 0 Å². The molecule has 0 saturated carbocycles. The quantitative estimate of drug-likeness (QED) is 0.758. The number of aldehydes is 1. The molecule has 2 rings (SSSR count). The second-order valence-electron chi connectivity index (χ2n) is 3.90. The highest BCUT2D eigenvalue weighted by Gasteiger charge is 2.09. The molecule has 2 nitrogen and oxygen atoms in total. The molecule has 0 bridgehead atoms. The van der Waals surface area contributed by atoms with Gasteiger partial charge in [-0.05, 0) is 32.0 Å². The van der Waals surface area contributed by atoms with Crippen molar-refractivity contribution in [3.05, 3.63) is 46.2 Å². The van der Waals surface area contributed by atoms with Gasteiger partial charge in [0.25, 0.3) is 0 Å². The van der Waals surface area contributed by atoms with Gasteiger partial charge in [0.15, 0.2) is 6.29 Å². The van der Waals surface area contributed by atoms with E-state index in [9.17, 15) is 4.79 Å². The van der Waals surface area contributed by atoms with Crippen LogP contribution < -0.4 is 4.90 Å². The third-order valence-corrected chi connectivity index (χ3v) is 3.54. The van der Waals surface area contributed by atoms with Gasteiger partial charge in [-0.3, -0.25) is 4.79 Å². The molecule has 0 fully saturated rings. The van der Waals surface area contributed by atoms with Gasteiger partial charge in [-0.1, -0.05) is 17.7 Å². The minimum Gasteiger partial charge on any atom is -0.341 e. The number of aryl methyl sites for hydroxylation is 1. The van der Waals surface area contributed by atoms with Gasteiger partial charge in [-0.2, -0.15) is 0 Å². The lowest BCUT2D eigenvalue weighted by Gasteiger charge is -2.21. The van der Waals surface area contributed by atoms with Crippen LogP contribution in [0, 0.1) is 6.92 Å². The number of carbonyl (C=O) groups excluding carboxylic acids is 1. The highest BCUT2D eigenvalue weighted by molar-refractivity contribution is 7.12. The van der Waals surface area contributed by atoms with E-state index in [0.717, 1.165) is 29.1 Å². The van der Waals surface area contributed by atoms with Crippen LogP contribution in [0.1, 0.15) is 22.2 Å². The molecule has 0 N–H and O–H groups in total. The van der Waals surface area contributed by atoms with Crippen molar-refractivity contribution in [2.24, 2.45) is 0 Å². The van der Waals surface area contributed by atoms with Crippen LogP contribution in [-0.2, 0) is 0 Å². The first-order valence-electron chi connectivity index (χ1n) is 5.62. The first kappa shape index (κ1) is 11.9. The molecular weight excluding hydrogens is 230 g/mol. The van der Waals surface area contributed by atoms with E-state index in [1.807, 2.05) is 11.4 Å². The van der Waals surface area contributed by atoms with Crippen molar-refractivity contribution in [3.63, 3.8) is 0 Å². The predicted molar refractivity (Wildman–Crippen MR) is 73.6 cm³/mol. The zero-order valence-corrected chi connectivity index (χ0v) is 10.8. The average molecular weight is 245 g/mol. The summed E-state index contributed by atoms with van der Waals surface area (Å²) in [6, 6.07) is 10.4. The first-order chi connectivity index (χ1) is 8.24. The lowest BCUT2D eigenvalue weighted by atomic mass is 10.2. The van der Waals surface area contributed by atoms with Crippen molar-refractivity contribution in [1.82, 2.24) is 0 Å². The number of benzene rings is 1. The second-order valence-corrected chi connectivity index (χ2v) is 4.85. The van der Waals surface area contributed by atoms with E-state index in [1.165, 1.54) is 16.9 Å². The summed E-state index contributed by atoms with van der Waals surface area (Å²) in [6.45, 7) is 5.07. The van der Waals surface area contributed by atoms with E-state index < -0.39 is 0 Å². The molecule has 1 aromatic carbocycles. The summed E-state index contributed by atoms with van der Waals surface area (Å²) >= 11 is 1.48. The van der Waals surface area contributed by atoms with Crippen LogP contribution in [-0.4, -0.2) is 12.8 Å². The Morgan fingerprint density at radius 2 is 1.94 bits per heavy atom. The number of nitrogens with zero attached hydrogens (tertiary/aromatic N) is 1. The monoisotopic (exact) mass is 245 g/mol. The normalized spacial score (nSPS) is 10.2. The van der Waals surface area contributed by atoms with Gasteiger partial charge in [-0.15, -0.1) is 11.3 Å². The molecule has 0 aliphatic carbocycles. The molecule has 3 heteroatoms. The van der Waals surface area contributed by atoms with Crippen molar-refractivity contribution >= 4 is 29.0 Å². The standard InChI is InChI=1S/C14H15NOS/c1-3-15(12-6-4-11(2)5-7-12)13-8-14(9-16)17-10-13/h4-10H,3H2,1-2H3. The van der Waals surface area contributed by atoms with Crippen LogP contribution in [0.2, 0.25) is 0 Å². The third kappa shape index (κ3) is 2.56. The molecular formula is C14H15NOS. The molecule has 17 heavy (non-hydrogen) atoms. The number of thiophene rings is 1. The topological polar surface area (TPSA) is 20.3 Å². The Morgan fingerprint density at radius 1 is 1.24 bits per heavy atom. The number of carbonyl (C=O) groups is 1. The summed E-state index contributed by atoms with van der Waals surface area (Å²) in [5, 5.41) is 2.02. The second kappa shape index (κ2) is 5.15. The van der Waals surface area contributed by atoms with Crippen LogP contribution in [0.4, 0.5) is 11.4 Å². The largest absolute Gasteiger partial charge is 0.341 e. The number of anilines is 2. The number of hydrogen-bond acceptors (Lipinski definition) is 3. The highest BCUT2D eigenvalue weighted by atomic mass is 32.1. The van der Waals surface area contributed by atoms with E-state index in [4.69, 9.17) is 0 Å². The zero-order chi connectivity index (χ0) is 12.3. The fourth-order valence-corrected chi connectivity index (χ4v) is 2.48. The Hall–Kier alpha value is -1.61. The SMILES string of the molecule is CCN(c1ccc(C)cc1)c1csc(C=O)c1. The van der Waals surface area contributed by atoms with E-state index >= 15 is 0 Å². The van der Waals surface area contributed by atoms with Gasteiger partial charge < -0.3 is 4.90 Å². The number of rotatable bonds is 4. The molecule has 1 aromatic heterocycles. The van der Waals surface area contributed by atoms with Crippen LogP contribution in [0.25, 0.3) is 0 Å². The Morgan fingerprint density at radius 3 is 2.47 bits per heavy atom. The van der Waals surface area contributed by atoms with E-state index in [2.05, 4.69) is 43.0 Å². The predicted octanol–water partition coefficient (Wildman–Crippen LogP) is 4.03. The first-order valence-corrected chi connectivity index (χ1v) is 6.50.